The molecule has 0 fully saturated rings. The van der Waals surface area contributed by atoms with Crippen LogP contribution >= 0.6 is 0 Å². The standard InChI is InChI=1S/C22H23N3O2.C21H21N3O2.2C20H18FN3O2.C20H19N3O2.CH4/c1-16-9-11-18(12-10-16)24-15-22(2,3)25-20(21(24)26)13-17(23-25)14-27-19-7-5-4-6-8-19;1-15-8-10-18(11-9-15)23-13-16(2)24-20(21(23)25)12-17(22-24)14-26-19-6-4-3-5-7-19;1-14-7-8-16(12-18(14)21)23-9-10-24-19(20(23)25)11-15(22-24)13-26-17-5-3-2-4-6-17;1-14-7-8-18(17(21)11-14)23-9-10-24-19(20(23)25)12-15(22-24)13-26-16-5-3-2-4-6-16;1-15-7-9-17(10-8-15)22-11-12-23-19(20(22)24)13-16(21-23)14-25-18-5-3-2-4-6-18;/h4-13H,14-15H2,1-3H3;3-12,16H,13-14H2,1-2H3;2*2-8,11-12H,9-10,13H2,1H3;2-10,13H,11-12,14H2,1H3;1H4. The Hall–Kier alpha value is -15.5. The van der Waals surface area contributed by atoms with E-state index in [4.69, 9.17) is 23.7 Å². The number of aromatic nitrogens is 10. The van der Waals surface area contributed by atoms with Crippen molar-refractivity contribution in [1.82, 2.24) is 48.9 Å². The summed E-state index contributed by atoms with van der Waals surface area (Å²) in [6, 6.07) is 90.6. The molecule has 20 rings (SSSR count). The second-order valence-electron chi connectivity index (χ2n) is 32.9. The molecule has 0 radical (unpaired) electrons. The van der Waals surface area contributed by atoms with Gasteiger partial charge in [0.1, 0.15) is 130 Å². The van der Waals surface area contributed by atoms with Crippen LogP contribution in [0.4, 0.5) is 37.2 Å². The molecular weight excluding hydrogens is 1660 g/mol. The van der Waals surface area contributed by atoms with Crippen LogP contribution in [0.2, 0.25) is 0 Å². The molecule has 27 heteroatoms. The molecule has 0 bridgehead atoms. The Balaban J connectivity index is 0.000000125. The van der Waals surface area contributed by atoms with Gasteiger partial charge in [0.15, 0.2) is 0 Å². The number of hydrogen-bond donors (Lipinski definition) is 0. The fourth-order valence-corrected chi connectivity index (χ4v) is 15.6. The van der Waals surface area contributed by atoms with Gasteiger partial charge in [0, 0.05) is 48.9 Å². The maximum absolute atomic E-state index is 14.3. The third-order valence-corrected chi connectivity index (χ3v) is 22.5. The van der Waals surface area contributed by atoms with Gasteiger partial charge in [0.25, 0.3) is 29.5 Å². The number of benzene rings is 10. The zero-order valence-electron chi connectivity index (χ0n) is 73.5. The van der Waals surface area contributed by atoms with E-state index in [1.54, 1.807) is 67.2 Å². The number of para-hydroxylation sites is 5. The number of aryl methyl sites for hydroxylation is 5. The Kier molecular flexibility index (Phi) is 28.0. The van der Waals surface area contributed by atoms with E-state index in [2.05, 4.69) is 46.3 Å². The van der Waals surface area contributed by atoms with Crippen molar-refractivity contribution in [2.24, 2.45) is 0 Å². The Morgan fingerprint density at radius 3 is 1.05 bits per heavy atom. The number of ether oxygens (including phenoxy) is 5. The van der Waals surface area contributed by atoms with Crippen molar-refractivity contribution in [2.45, 2.75) is 127 Å². The highest BCUT2D eigenvalue weighted by atomic mass is 19.1. The van der Waals surface area contributed by atoms with E-state index in [1.807, 2.05) is 290 Å². The van der Waals surface area contributed by atoms with Gasteiger partial charge in [-0.2, -0.15) is 25.5 Å². The lowest BCUT2D eigenvalue weighted by Crippen LogP contribution is -2.51. The highest BCUT2D eigenvalue weighted by molar-refractivity contribution is 6.09. The lowest BCUT2D eigenvalue weighted by Gasteiger charge is -2.38. The molecule has 0 saturated heterocycles. The summed E-state index contributed by atoms with van der Waals surface area (Å²) < 4.78 is 65.6. The van der Waals surface area contributed by atoms with Gasteiger partial charge in [-0.15, -0.1) is 0 Å². The lowest BCUT2D eigenvalue weighted by molar-refractivity contribution is 0.0922. The van der Waals surface area contributed by atoms with Gasteiger partial charge in [0.2, 0.25) is 0 Å². The maximum Gasteiger partial charge on any atom is 0.276 e. The molecule has 0 aliphatic carbocycles. The molecule has 5 aromatic heterocycles. The molecule has 10 heterocycles. The van der Waals surface area contributed by atoms with E-state index in [9.17, 15) is 32.8 Å². The SMILES string of the molecule is C.Cc1ccc(N2CC(C)(C)n3nc(COc4ccccc4)cc3C2=O)cc1.Cc1ccc(N2CC(C)n3nc(COc4ccccc4)cc3C2=O)cc1.Cc1ccc(N2CCn3nc(COc4ccccc4)cc3C2=O)c(F)c1.Cc1ccc(N2CCn3nc(COc4ccccc4)cc3C2=O)cc1.Cc1ccc(N2CCn3nc(COc4ccccc4)cc3C2=O)cc1F. The zero-order valence-corrected chi connectivity index (χ0v) is 73.5. The first-order valence-corrected chi connectivity index (χ1v) is 43.1. The normalized spacial score (nSPS) is 14.5. The minimum absolute atomic E-state index is 0. The Morgan fingerprint density at radius 2 is 0.641 bits per heavy atom. The topological polar surface area (TPSA) is 237 Å². The summed E-state index contributed by atoms with van der Waals surface area (Å²) in [5, 5.41) is 22.6. The largest absolute Gasteiger partial charge is 0.487 e. The van der Waals surface area contributed by atoms with E-state index in [1.165, 1.54) is 33.7 Å². The Morgan fingerprint density at radius 1 is 0.321 bits per heavy atom. The number of carbonyl (C=O) groups is 5. The van der Waals surface area contributed by atoms with Crippen LogP contribution in [0.15, 0.2) is 291 Å². The zero-order chi connectivity index (χ0) is 90.5. The third-order valence-electron chi connectivity index (χ3n) is 22.5. The van der Waals surface area contributed by atoms with Gasteiger partial charge in [-0.05, 0) is 218 Å². The van der Waals surface area contributed by atoms with Crippen LogP contribution in [0.5, 0.6) is 28.7 Å². The first-order chi connectivity index (χ1) is 63.0. The average Bonchev–Trinajstić information content (AvgIpc) is 1.64. The average molecular weight is 1760 g/mol. The fourth-order valence-electron chi connectivity index (χ4n) is 15.6. The molecule has 0 spiro atoms. The number of hydrogen-bond acceptors (Lipinski definition) is 15. The molecule has 15 aromatic rings. The van der Waals surface area contributed by atoms with Crippen molar-refractivity contribution < 1.29 is 56.4 Å². The summed E-state index contributed by atoms with van der Waals surface area (Å²) >= 11 is 0. The molecule has 5 aliphatic rings. The van der Waals surface area contributed by atoms with Gasteiger partial charge in [-0.1, -0.05) is 164 Å². The van der Waals surface area contributed by atoms with E-state index < -0.39 is 0 Å². The number of anilines is 5. The van der Waals surface area contributed by atoms with Gasteiger partial charge in [0.05, 0.1) is 43.4 Å². The van der Waals surface area contributed by atoms with Crippen molar-refractivity contribution in [3.63, 3.8) is 0 Å². The predicted molar refractivity (Wildman–Crippen MR) is 500 cm³/mol. The van der Waals surface area contributed by atoms with Crippen LogP contribution in [-0.4, -0.2) is 111 Å². The fraction of sp³-hybridized carbons (Fsp3) is 0.231. The van der Waals surface area contributed by atoms with Crippen LogP contribution in [0.25, 0.3) is 0 Å². The number of nitrogens with zero attached hydrogens (tertiary/aromatic N) is 15. The van der Waals surface area contributed by atoms with Crippen LogP contribution < -0.4 is 48.2 Å². The van der Waals surface area contributed by atoms with E-state index in [0.29, 0.717) is 129 Å². The molecule has 1 atom stereocenters. The number of carbonyl (C=O) groups excluding carboxylic acids is 5. The quantitative estimate of drug-likeness (QED) is 0.0689. The highest BCUT2D eigenvalue weighted by Crippen LogP contribution is 2.35. The van der Waals surface area contributed by atoms with E-state index in [-0.39, 0.29) is 73.4 Å². The predicted octanol–water partition coefficient (Wildman–Crippen LogP) is 19.4. The van der Waals surface area contributed by atoms with Gasteiger partial charge < -0.3 is 48.2 Å². The summed E-state index contributed by atoms with van der Waals surface area (Å²) in [5.74, 6) is 2.65. The van der Waals surface area contributed by atoms with Crippen molar-refractivity contribution >= 4 is 58.0 Å². The van der Waals surface area contributed by atoms with E-state index >= 15 is 0 Å². The number of amides is 5. The van der Waals surface area contributed by atoms with Gasteiger partial charge in [-0.25, -0.2) is 8.78 Å². The molecular formula is C104H103F2N15O10. The third kappa shape index (κ3) is 21.5. The van der Waals surface area contributed by atoms with Gasteiger partial charge >= 0.3 is 0 Å². The molecule has 5 aliphatic heterocycles. The Labute approximate surface area is 759 Å². The second-order valence-corrected chi connectivity index (χ2v) is 32.9. The summed E-state index contributed by atoms with van der Waals surface area (Å²) in [7, 11) is 0. The van der Waals surface area contributed by atoms with Crippen LogP contribution in [-0.2, 0) is 58.2 Å². The smallest absolute Gasteiger partial charge is 0.276 e. The monoisotopic (exact) mass is 1760 g/mol. The maximum atomic E-state index is 14.3. The van der Waals surface area contributed by atoms with Crippen LogP contribution in [0, 0.1) is 46.3 Å². The minimum Gasteiger partial charge on any atom is -0.487 e. The van der Waals surface area contributed by atoms with Crippen molar-refractivity contribution in [3.8, 4) is 28.7 Å². The number of fused-ring (bicyclic) bond motifs is 5. The first-order valence-electron chi connectivity index (χ1n) is 43.1. The molecule has 5 amide bonds. The summed E-state index contributed by atoms with van der Waals surface area (Å²) in [6.45, 7) is 21.9. The van der Waals surface area contributed by atoms with Crippen molar-refractivity contribution in [3.05, 3.63) is 388 Å². The first kappa shape index (κ1) is 90.3. The van der Waals surface area contributed by atoms with Crippen molar-refractivity contribution in [2.75, 3.05) is 57.2 Å². The summed E-state index contributed by atoms with van der Waals surface area (Å²) in [4.78, 5) is 73.0. The van der Waals surface area contributed by atoms with Gasteiger partial charge in [-0.3, -0.25) is 47.4 Å². The number of rotatable bonds is 20. The summed E-state index contributed by atoms with van der Waals surface area (Å²) in [5.41, 5.74) is 14.6. The molecule has 0 N–H and O–H groups in total. The van der Waals surface area contributed by atoms with Crippen LogP contribution in [0.3, 0.4) is 0 Å². The molecule has 10 aromatic carbocycles. The Bertz CT molecular complexity index is 6480. The minimum atomic E-state index is -0.390. The molecule has 0 saturated carbocycles. The van der Waals surface area contributed by atoms with Crippen molar-refractivity contribution in [1.29, 1.82) is 0 Å². The number of halogens is 2. The molecule has 1 unspecified atom stereocenters. The van der Waals surface area contributed by atoms with Crippen LogP contribution in [0.1, 0.15) is 143 Å². The summed E-state index contributed by atoms with van der Waals surface area (Å²) in [6.07, 6.45) is 0. The highest BCUT2D eigenvalue weighted by Gasteiger charge is 2.40. The van der Waals surface area contributed by atoms with E-state index in [0.717, 1.165) is 68.5 Å². The molecule has 25 nitrogen and oxygen atoms in total. The lowest BCUT2D eigenvalue weighted by atomic mass is 10.0. The second kappa shape index (κ2) is 40.6. The molecule has 131 heavy (non-hydrogen) atoms. The molecule has 668 valence electrons.